The molecular formula is C32H34N4O6S. The Hall–Kier alpha value is -4.51. The summed E-state index contributed by atoms with van der Waals surface area (Å²) in [5, 5.41) is 1.09. The third kappa shape index (κ3) is 5.52. The molecule has 0 bridgehead atoms. The van der Waals surface area contributed by atoms with E-state index < -0.39 is 10.0 Å². The number of carbonyl (C=O) groups is 1. The molecule has 43 heavy (non-hydrogen) atoms. The van der Waals surface area contributed by atoms with E-state index in [9.17, 15) is 13.2 Å². The molecule has 0 saturated heterocycles. The van der Waals surface area contributed by atoms with Crippen molar-refractivity contribution in [3.05, 3.63) is 83.0 Å². The molecule has 3 heterocycles. The van der Waals surface area contributed by atoms with E-state index in [1.54, 1.807) is 38.2 Å². The van der Waals surface area contributed by atoms with Gasteiger partial charge in [-0.05, 0) is 84.5 Å². The first kappa shape index (κ1) is 28.6. The van der Waals surface area contributed by atoms with E-state index in [0.717, 1.165) is 39.4 Å². The lowest BCUT2D eigenvalue weighted by atomic mass is 9.85. The Labute approximate surface area is 250 Å². The van der Waals surface area contributed by atoms with Gasteiger partial charge in [-0.25, -0.2) is 0 Å². The van der Waals surface area contributed by atoms with Crippen LogP contribution in [0.4, 0.5) is 0 Å². The maximum absolute atomic E-state index is 14.1. The van der Waals surface area contributed by atoms with E-state index in [-0.39, 0.29) is 29.6 Å². The van der Waals surface area contributed by atoms with E-state index >= 15 is 0 Å². The van der Waals surface area contributed by atoms with Crippen LogP contribution in [0.3, 0.4) is 0 Å². The van der Waals surface area contributed by atoms with Gasteiger partial charge < -0.3 is 29.0 Å². The molecule has 0 spiro atoms. The van der Waals surface area contributed by atoms with Crippen LogP contribution in [0.25, 0.3) is 10.9 Å². The molecule has 6 rings (SSSR count). The lowest BCUT2D eigenvalue weighted by Gasteiger charge is -2.39. The third-order valence-electron chi connectivity index (χ3n) is 7.99. The highest BCUT2D eigenvalue weighted by atomic mass is 32.2. The average molecular weight is 603 g/mol. The summed E-state index contributed by atoms with van der Waals surface area (Å²) in [5.74, 6) is 2.10. The fourth-order valence-electron chi connectivity index (χ4n) is 5.95. The number of nitrogens with zero attached hydrogens (tertiary/aromatic N) is 3. The van der Waals surface area contributed by atoms with Crippen molar-refractivity contribution in [1.82, 2.24) is 14.8 Å². The topological polar surface area (TPSA) is 114 Å². The second kappa shape index (κ2) is 11.3. The molecule has 0 aliphatic carbocycles. The first-order valence-electron chi connectivity index (χ1n) is 14.1. The molecule has 2 aliphatic heterocycles. The van der Waals surface area contributed by atoms with Gasteiger partial charge in [-0.2, -0.15) is 8.42 Å². The Morgan fingerprint density at radius 1 is 1.12 bits per heavy atom. The lowest BCUT2D eigenvalue weighted by Crippen LogP contribution is -2.43. The number of carbonyl (C=O) groups excluding carboxylic acids is 1. The summed E-state index contributed by atoms with van der Waals surface area (Å²) in [6.45, 7) is 2.87. The number of amides is 1. The molecule has 0 radical (unpaired) electrons. The zero-order valence-corrected chi connectivity index (χ0v) is 25.3. The van der Waals surface area contributed by atoms with Crippen molar-refractivity contribution >= 4 is 33.2 Å². The SMILES string of the molecule is COc1ccc2[nH]c3c(c2c1)CCN(C(=O)c1ccc(S(=O)(=O)N=CN(C)C)cc1)C3C(C)Cc1ccc2c(c1)OCO2. The minimum Gasteiger partial charge on any atom is -0.497 e. The summed E-state index contributed by atoms with van der Waals surface area (Å²) >= 11 is 0. The number of rotatable bonds is 8. The monoisotopic (exact) mass is 602 g/mol. The second-order valence-corrected chi connectivity index (χ2v) is 12.8. The molecule has 2 unspecified atom stereocenters. The number of nitrogens with one attached hydrogen (secondary N) is 1. The number of aromatic nitrogens is 1. The molecule has 1 aromatic heterocycles. The zero-order valence-electron chi connectivity index (χ0n) is 24.5. The van der Waals surface area contributed by atoms with Crippen LogP contribution >= 0.6 is 0 Å². The number of benzene rings is 3. The van der Waals surface area contributed by atoms with E-state index in [2.05, 4.69) is 16.3 Å². The Bertz CT molecular complexity index is 1810. The quantitative estimate of drug-likeness (QED) is 0.228. The number of hydrogen-bond donors (Lipinski definition) is 1. The third-order valence-corrected chi connectivity index (χ3v) is 9.23. The highest BCUT2D eigenvalue weighted by Crippen LogP contribution is 2.42. The average Bonchev–Trinajstić information content (AvgIpc) is 3.63. The molecule has 1 N–H and O–H groups in total. The van der Waals surface area contributed by atoms with Gasteiger partial charge in [0.25, 0.3) is 15.9 Å². The first-order valence-corrected chi connectivity index (χ1v) is 15.5. The fraction of sp³-hybridized carbons (Fsp3) is 0.312. The number of methoxy groups -OCH3 is 1. The van der Waals surface area contributed by atoms with Crippen molar-refractivity contribution in [1.29, 1.82) is 0 Å². The number of ether oxygens (including phenoxy) is 3. The molecule has 0 saturated carbocycles. The molecule has 224 valence electrons. The number of H-pyrrole nitrogens is 1. The van der Waals surface area contributed by atoms with E-state index in [1.807, 2.05) is 41.3 Å². The molecule has 4 aromatic rings. The molecule has 3 aromatic carbocycles. The van der Waals surface area contributed by atoms with Gasteiger partial charge >= 0.3 is 0 Å². The number of hydrogen-bond acceptors (Lipinski definition) is 6. The predicted octanol–water partition coefficient (Wildman–Crippen LogP) is 4.80. The van der Waals surface area contributed by atoms with Gasteiger partial charge in [0.05, 0.1) is 18.0 Å². The normalized spacial score (nSPS) is 16.8. The molecule has 2 atom stereocenters. The summed E-state index contributed by atoms with van der Waals surface area (Å²) in [5.41, 5.74) is 4.68. The van der Waals surface area contributed by atoms with E-state index in [0.29, 0.717) is 24.9 Å². The minimum atomic E-state index is -3.88. The summed E-state index contributed by atoms with van der Waals surface area (Å²) in [6, 6.07) is 17.7. The molecule has 11 heteroatoms. The van der Waals surface area contributed by atoms with E-state index in [1.165, 1.54) is 24.0 Å². The lowest BCUT2D eigenvalue weighted by molar-refractivity contribution is 0.0586. The van der Waals surface area contributed by atoms with Crippen LogP contribution in [0, 0.1) is 5.92 Å². The largest absolute Gasteiger partial charge is 0.497 e. The molecule has 0 fully saturated rings. The maximum atomic E-state index is 14.1. The fourth-order valence-corrected chi connectivity index (χ4v) is 6.86. The van der Waals surface area contributed by atoms with Gasteiger partial charge in [0.2, 0.25) is 6.79 Å². The van der Waals surface area contributed by atoms with E-state index in [4.69, 9.17) is 14.2 Å². The van der Waals surface area contributed by atoms with Crippen molar-refractivity contribution < 1.29 is 27.4 Å². The number of aromatic amines is 1. The van der Waals surface area contributed by atoms with Crippen LogP contribution in [-0.2, 0) is 22.9 Å². The van der Waals surface area contributed by atoms with Gasteiger partial charge in [0, 0.05) is 42.8 Å². The van der Waals surface area contributed by atoms with Gasteiger partial charge in [0.1, 0.15) is 12.1 Å². The van der Waals surface area contributed by atoms with Gasteiger partial charge in [-0.3, -0.25) is 4.79 Å². The summed E-state index contributed by atoms with van der Waals surface area (Å²) in [6.07, 6.45) is 2.61. The second-order valence-electron chi connectivity index (χ2n) is 11.2. The van der Waals surface area contributed by atoms with Crippen LogP contribution in [-0.4, -0.2) is 70.0 Å². The van der Waals surface area contributed by atoms with Crippen molar-refractivity contribution in [2.75, 3.05) is 34.5 Å². The van der Waals surface area contributed by atoms with Crippen LogP contribution in [0.15, 0.2) is 70.0 Å². The molecular weight excluding hydrogens is 568 g/mol. The smallest absolute Gasteiger partial charge is 0.283 e. The van der Waals surface area contributed by atoms with Gasteiger partial charge in [-0.15, -0.1) is 4.40 Å². The summed E-state index contributed by atoms with van der Waals surface area (Å²) in [7, 11) is 1.16. The summed E-state index contributed by atoms with van der Waals surface area (Å²) in [4.78, 5) is 21.2. The van der Waals surface area contributed by atoms with Crippen molar-refractivity contribution in [3.8, 4) is 17.2 Å². The molecule has 10 nitrogen and oxygen atoms in total. The predicted molar refractivity (Wildman–Crippen MR) is 164 cm³/mol. The van der Waals surface area contributed by atoms with Crippen LogP contribution < -0.4 is 14.2 Å². The Morgan fingerprint density at radius 2 is 1.88 bits per heavy atom. The highest BCUT2D eigenvalue weighted by molar-refractivity contribution is 7.90. The Balaban J connectivity index is 1.35. The van der Waals surface area contributed by atoms with Crippen LogP contribution in [0.2, 0.25) is 0 Å². The van der Waals surface area contributed by atoms with Crippen LogP contribution in [0.1, 0.15) is 40.1 Å². The zero-order chi connectivity index (χ0) is 30.3. The van der Waals surface area contributed by atoms with Crippen molar-refractivity contribution in [2.45, 2.75) is 30.7 Å². The number of fused-ring (bicyclic) bond motifs is 4. The maximum Gasteiger partial charge on any atom is 0.283 e. The molecule has 2 aliphatic rings. The Morgan fingerprint density at radius 3 is 2.63 bits per heavy atom. The standard InChI is InChI=1S/C32H34N4O6S/c1-20(15-21-5-12-28-29(16-21)42-19-41-28)31-30-25(26-17-23(40-4)8-11-27(26)34-30)13-14-36(31)32(37)22-6-9-24(10-7-22)43(38,39)33-18-35(2)3/h5-12,16-18,20,31,34H,13-15,19H2,1-4H3. The first-order chi connectivity index (χ1) is 20.6. The highest BCUT2D eigenvalue weighted by Gasteiger charge is 2.37. The Kier molecular flexibility index (Phi) is 7.51. The van der Waals surface area contributed by atoms with Crippen molar-refractivity contribution in [3.63, 3.8) is 0 Å². The van der Waals surface area contributed by atoms with Gasteiger partial charge in [0.15, 0.2) is 11.5 Å². The van der Waals surface area contributed by atoms with Crippen LogP contribution in [0.5, 0.6) is 17.2 Å². The molecule has 1 amide bonds. The minimum absolute atomic E-state index is 0.0263. The number of sulfonamides is 1. The van der Waals surface area contributed by atoms with Crippen molar-refractivity contribution in [2.24, 2.45) is 10.3 Å². The summed E-state index contributed by atoms with van der Waals surface area (Å²) < 4.78 is 45.5. The van der Waals surface area contributed by atoms with Gasteiger partial charge in [-0.1, -0.05) is 13.0 Å².